The van der Waals surface area contributed by atoms with Gasteiger partial charge in [-0.25, -0.2) is 9.37 Å². The van der Waals surface area contributed by atoms with Crippen molar-refractivity contribution in [2.24, 2.45) is 0 Å². The number of carbonyl (C=O) groups excluding carboxylic acids is 1. The van der Waals surface area contributed by atoms with Crippen molar-refractivity contribution >= 4 is 23.3 Å². The van der Waals surface area contributed by atoms with Crippen molar-refractivity contribution in [2.75, 3.05) is 14.2 Å². The Morgan fingerprint density at radius 1 is 1.37 bits per heavy atom. The SMILES string of the molecule is CCCC(C(=O)OC)c1nc(OC)c(Cl)c(-c2ccccc2F)c1[N+](=O)[O-]. The lowest BCUT2D eigenvalue weighted by atomic mass is 9.93. The summed E-state index contributed by atoms with van der Waals surface area (Å²) < 4.78 is 24.3. The molecule has 0 saturated carbocycles. The third-order valence-electron chi connectivity index (χ3n) is 4.02. The highest BCUT2D eigenvalue weighted by Crippen LogP contribution is 2.46. The van der Waals surface area contributed by atoms with E-state index in [1.165, 1.54) is 32.4 Å². The highest BCUT2D eigenvalue weighted by atomic mass is 35.5. The minimum Gasteiger partial charge on any atom is -0.480 e. The van der Waals surface area contributed by atoms with Crippen molar-refractivity contribution in [3.8, 4) is 17.0 Å². The van der Waals surface area contributed by atoms with Gasteiger partial charge in [0.1, 0.15) is 22.5 Å². The summed E-state index contributed by atoms with van der Waals surface area (Å²) in [6.07, 6.45) is 0.792. The summed E-state index contributed by atoms with van der Waals surface area (Å²) in [5, 5.41) is 11.7. The Balaban J connectivity index is 2.93. The molecule has 0 N–H and O–H groups in total. The minimum atomic E-state index is -1.02. The van der Waals surface area contributed by atoms with Crippen molar-refractivity contribution in [1.82, 2.24) is 4.98 Å². The van der Waals surface area contributed by atoms with Crippen LogP contribution >= 0.6 is 11.6 Å². The molecule has 0 aliphatic carbocycles. The number of ether oxygens (including phenoxy) is 2. The number of halogens is 2. The Kier molecular flexibility index (Phi) is 6.68. The largest absolute Gasteiger partial charge is 0.480 e. The predicted molar refractivity (Wildman–Crippen MR) is 97.5 cm³/mol. The predicted octanol–water partition coefficient (Wildman–Crippen LogP) is 4.51. The van der Waals surface area contributed by atoms with E-state index in [9.17, 15) is 19.3 Å². The molecule has 144 valence electrons. The van der Waals surface area contributed by atoms with Gasteiger partial charge in [-0.3, -0.25) is 14.9 Å². The molecule has 9 heteroatoms. The van der Waals surface area contributed by atoms with Gasteiger partial charge in [-0.1, -0.05) is 43.1 Å². The second kappa shape index (κ2) is 8.77. The van der Waals surface area contributed by atoms with Crippen molar-refractivity contribution in [3.63, 3.8) is 0 Å². The first-order valence-electron chi connectivity index (χ1n) is 8.11. The van der Waals surface area contributed by atoms with Gasteiger partial charge in [-0.05, 0) is 12.5 Å². The van der Waals surface area contributed by atoms with Gasteiger partial charge in [-0.2, -0.15) is 0 Å². The van der Waals surface area contributed by atoms with Gasteiger partial charge >= 0.3 is 11.7 Å². The van der Waals surface area contributed by atoms with Crippen LogP contribution in [-0.4, -0.2) is 30.1 Å². The molecule has 0 saturated heterocycles. The second-order valence-corrected chi connectivity index (χ2v) is 6.02. The van der Waals surface area contributed by atoms with E-state index >= 15 is 0 Å². The maximum atomic E-state index is 14.4. The lowest BCUT2D eigenvalue weighted by Gasteiger charge is -2.18. The zero-order chi connectivity index (χ0) is 20.1. The van der Waals surface area contributed by atoms with Gasteiger partial charge in [0.2, 0.25) is 5.88 Å². The van der Waals surface area contributed by atoms with E-state index in [0.717, 1.165) is 6.07 Å². The number of nitro groups is 1. The average Bonchev–Trinajstić information content (AvgIpc) is 2.65. The molecule has 0 aliphatic rings. The number of aromatic nitrogens is 1. The molecule has 0 bridgehead atoms. The average molecular weight is 397 g/mol. The van der Waals surface area contributed by atoms with Crippen LogP contribution in [0.3, 0.4) is 0 Å². The number of hydrogen-bond acceptors (Lipinski definition) is 6. The standard InChI is InChI=1S/C18H18ClFN2O5/c1-4-7-11(18(23)27-3)15-16(22(24)25)13(14(19)17(21-15)26-2)10-8-5-6-9-12(10)20/h5-6,8-9,11H,4,7H2,1-3H3. The fraction of sp³-hybridized carbons (Fsp3) is 0.333. The lowest BCUT2D eigenvalue weighted by Crippen LogP contribution is -2.18. The van der Waals surface area contributed by atoms with E-state index in [2.05, 4.69) is 4.98 Å². The van der Waals surface area contributed by atoms with E-state index in [0.29, 0.717) is 6.42 Å². The zero-order valence-corrected chi connectivity index (χ0v) is 15.7. The number of pyridine rings is 1. The van der Waals surface area contributed by atoms with Crippen molar-refractivity contribution in [1.29, 1.82) is 0 Å². The van der Waals surface area contributed by atoms with E-state index in [1.54, 1.807) is 0 Å². The maximum Gasteiger partial charge on any atom is 0.315 e. The molecule has 7 nitrogen and oxygen atoms in total. The third kappa shape index (κ3) is 4.00. The number of carbonyl (C=O) groups is 1. The van der Waals surface area contributed by atoms with Crippen LogP contribution in [-0.2, 0) is 9.53 Å². The Morgan fingerprint density at radius 3 is 2.56 bits per heavy atom. The summed E-state index contributed by atoms with van der Waals surface area (Å²) in [5.41, 5.74) is -0.995. The molecule has 2 aromatic rings. The Hall–Kier alpha value is -2.74. The van der Waals surface area contributed by atoms with Crippen molar-refractivity contribution in [3.05, 3.63) is 50.9 Å². The summed E-state index contributed by atoms with van der Waals surface area (Å²) in [4.78, 5) is 27.5. The summed E-state index contributed by atoms with van der Waals surface area (Å²) in [6.45, 7) is 1.81. The molecule has 1 unspecified atom stereocenters. The van der Waals surface area contributed by atoms with E-state index in [-0.39, 0.29) is 34.1 Å². The topological polar surface area (TPSA) is 91.6 Å². The summed E-state index contributed by atoms with van der Waals surface area (Å²) in [6, 6.07) is 5.49. The smallest absolute Gasteiger partial charge is 0.315 e. The lowest BCUT2D eigenvalue weighted by molar-refractivity contribution is -0.385. The van der Waals surface area contributed by atoms with Crippen LogP contribution in [0.4, 0.5) is 10.1 Å². The number of benzene rings is 1. The first kappa shape index (κ1) is 20.6. The molecule has 1 atom stereocenters. The molecule has 0 aliphatic heterocycles. The monoisotopic (exact) mass is 396 g/mol. The molecule has 27 heavy (non-hydrogen) atoms. The van der Waals surface area contributed by atoms with E-state index < -0.39 is 28.3 Å². The summed E-state index contributed by atoms with van der Waals surface area (Å²) in [5.74, 6) is -2.54. The van der Waals surface area contributed by atoms with Gasteiger partial charge in [0.25, 0.3) is 0 Å². The van der Waals surface area contributed by atoms with Crippen molar-refractivity contribution < 1.29 is 23.6 Å². The fourth-order valence-corrected chi connectivity index (χ4v) is 3.13. The van der Waals surface area contributed by atoms with Gasteiger partial charge in [-0.15, -0.1) is 0 Å². The Bertz CT molecular complexity index is 875. The molecule has 0 amide bonds. The number of hydrogen-bond donors (Lipinski definition) is 0. The molecule has 1 aromatic heterocycles. The second-order valence-electron chi connectivity index (χ2n) is 5.65. The van der Waals surface area contributed by atoms with E-state index in [4.69, 9.17) is 21.1 Å². The number of nitrogens with zero attached hydrogens (tertiary/aromatic N) is 2. The van der Waals surface area contributed by atoms with E-state index in [1.807, 2.05) is 6.92 Å². The quantitative estimate of drug-likeness (QED) is 0.388. The minimum absolute atomic E-state index is 0.0868. The first-order chi connectivity index (χ1) is 12.9. The number of rotatable bonds is 7. The van der Waals surface area contributed by atoms with Gasteiger partial charge < -0.3 is 9.47 Å². The molecule has 1 aromatic carbocycles. The van der Waals surface area contributed by atoms with Crippen LogP contribution in [0.2, 0.25) is 5.02 Å². The van der Waals surface area contributed by atoms with Crippen LogP contribution in [0.15, 0.2) is 24.3 Å². The van der Waals surface area contributed by atoms with Crippen LogP contribution in [0.5, 0.6) is 5.88 Å². The van der Waals surface area contributed by atoms with Crippen LogP contribution in [0.1, 0.15) is 31.4 Å². The molecule has 0 spiro atoms. The normalized spacial score (nSPS) is 11.7. The van der Waals surface area contributed by atoms with Crippen LogP contribution < -0.4 is 4.74 Å². The summed E-state index contributed by atoms with van der Waals surface area (Å²) >= 11 is 6.26. The molecule has 0 radical (unpaired) electrons. The van der Waals surface area contributed by atoms with Crippen LogP contribution in [0.25, 0.3) is 11.1 Å². The third-order valence-corrected chi connectivity index (χ3v) is 4.37. The fourth-order valence-electron chi connectivity index (χ4n) is 2.82. The molecular weight excluding hydrogens is 379 g/mol. The van der Waals surface area contributed by atoms with Gasteiger partial charge in [0, 0.05) is 5.56 Å². The molecule has 2 rings (SSSR count). The van der Waals surface area contributed by atoms with Gasteiger partial charge in [0.05, 0.1) is 24.7 Å². The van der Waals surface area contributed by atoms with Crippen LogP contribution in [0, 0.1) is 15.9 Å². The molecule has 0 fully saturated rings. The highest BCUT2D eigenvalue weighted by molar-refractivity contribution is 6.35. The van der Waals surface area contributed by atoms with Gasteiger partial charge in [0.15, 0.2) is 0 Å². The number of esters is 1. The molecule has 1 heterocycles. The van der Waals surface area contributed by atoms with Crippen molar-refractivity contribution in [2.45, 2.75) is 25.7 Å². The zero-order valence-electron chi connectivity index (χ0n) is 15.0. The Labute approximate surface area is 160 Å². The Morgan fingerprint density at radius 2 is 2.04 bits per heavy atom. The highest BCUT2D eigenvalue weighted by Gasteiger charge is 2.36. The maximum absolute atomic E-state index is 14.4. The molecular formula is C18H18ClFN2O5. The number of methoxy groups -OCH3 is 2. The summed E-state index contributed by atoms with van der Waals surface area (Å²) in [7, 11) is 2.46. The first-order valence-corrected chi connectivity index (χ1v) is 8.49.